The van der Waals surface area contributed by atoms with Crippen molar-refractivity contribution in [3.05, 3.63) is 0 Å². The lowest BCUT2D eigenvalue weighted by Crippen LogP contribution is -2.41. The monoisotopic (exact) mass is 177 g/mol. The summed E-state index contributed by atoms with van der Waals surface area (Å²) in [5.41, 5.74) is 0.810. The number of hydrogen-bond donors (Lipinski definition) is 3. The molecule has 0 bridgehead atoms. The van der Waals surface area contributed by atoms with Gasteiger partial charge in [0, 0.05) is 6.42 Å². The third kappa shape index (κ3) is 1.04. The summed E-state index contributed by atoms with van der Waals surface area (Å²) in [6.45, 7) is 0. The molecule has 2 atom stereocenters. The third-order valence-corrected chi connectivity index (χ3v) is 2.05. The molecule has 0 radical (unpaired) electrons. The Hall–Kier alpha value is -1.17. The predicted octanol–water partition coefficient (Wildman–Crippen LogP) is -0.645. The molecule has 0 aromatic heterocycles. The summed E-state index contributed by atoms with van der Waals surface area (Å²) in [6, 6.07) is 0. The van der Waals surface area contributed by atoms with Crippen LogP contribution in [-0.4, -0.2) is 33.4 Å². The molecule has 0 aliphatic heterocycles. The van der Waals surface area contributed by atoms with Gasteiger partial charge in [-0.25, -0.2) is 4.39 Å². The smallest absolute Gasteiger partial charge is 0.327 e. The van der Waals surface area contributed by atoms with E-state index in [1.807, 2.05) is 0 Å². The molecule has 0 aromatic carbocycles. The van der Waals surface area contributed by atoms with Crippen molar-refractivity contribution in [2.75, 3.05) is 0 Å². The van der Waals surface area contributed by atoms with Crippen molar-refractivity contribution in [1.29, 1.82) is 0 Å². The number of hydrogen-bond acceptors (Lipinski definition) is 3. The summed E-state index contributed by atoms with van der Waals surface area (Å²) in [7, 11) is 0. The van der Waals surface area contributed by atoms with Crippen LogP contribution in [0.25, 0.3) is 0 Å². The molecule has 0 unspecified atom stereocenters. The Labute approximate surface area is 67.0 Å². The second kappa shape index (κ2) is 2.16. The van der Waals surface area contributed by atoms with Crippen molar-refractivity contribution in [2.45, 2.75) is 24.0 Å². The van der Waals surface area contributed by atoms with Gasteiger partial charge >= 0.3 is 11.9 Å². The highest BCUT2D eigenvalue weighted by molar-refractivity contribution is 5.87. The second-order valence-corrected chi connectivity index (χ2v) is 2.99. The minimum atomic E-state index is -2.27. The number of nitrogens with two attached hydrogens (primary N) is 1. The van der Waals surface area contributed by atoms with E-state index in [1.54, 1.807) is 0 Å². The molecule has 1 rings (SSSR count). The van der Waals surface area contributed by atoms with Crippen LogP contribution in [0.2, 0.25) is 0 Å². The first kappa shape index (κ1) is 8.92. The van der Waals surface area contributed by atoms with Gasteiger partial charge in [0.05, 0.1) is 6.42 Å². The minimum Gasteiger partial charge on any atom is -0.481 e. The van der Waals surface area contributed by atoms with E-state index in [2.05, 4.69) is 0 Å². The van der Waals surface area contributed by atoms with Gasteiger partial charge in [-0.15, -0.1) is 0 Å². The Morgan fingerprint density at radius 2 is 2.00 bits per heavy atom. The molecule has 1 aliphatic rings. The van der Waals surface area contributed by atoms with Crippen LogP contribution in [0.3, 0.4) is 0 Å². The predicted molar refractivity (Wildman–Crippen MR) is 35.3 cm³/mol. The fourth-order valence-corrected chi connectivity index (χ4v) is 1.12. The maximum absolute atomic E-state index is 13.2. The van der Waals surface area contributed by atoms with Crippen LogP contribution in [-0.2, 0) is 9.59 Å². The lowest BCUT2D eigenvalue weighted by atomic mass is 10.1. The van der Waals surface area contributed by atoms with Gasteiger partial charge in [0.1, 0.15) is 0 Å². The summed E-state index contributed by atoms with van der Waals surface area (Å²) in [5.74, 6) is -2.88. The van der Waals surface area contributed by atoms with Gasteiger partial charge in [0.2, 0.25) is 0 Å². The quantitative estimate of drug-likeness (QED) is 0.532. The standard InChI is InChI=1S/C6H8FNO4/c7-5(1-3(9)10)2-6(5,8)4(11)12/h1-2,8H2,(H,9,10)(H,11,12)/t5-,6+/m0/s1. The average Bonchev–Trinajstić information content (AvgIpc) is 2.33. The number of halogens is 1. The van der Waals surface area contributed by atoms with Crippen molar-refractivity contribution < 1.29 is 24.2 Å². The lowest BCUT2D eigenvalue weighted by molar-refractivity contribution is -0.142. The van der Waals surface area contributed by atoms with Gasteiger partial charge in [0.25, 0.3) is 0 Å². The number of carboxylic acids is 2. The molecular weight excluding hydrogens is 169 g/mol. The molecule has 68 valence electrons. The van der Waals surface area contributed by atoms with Crippen LogP contribution in [0.1, 0.15) is 12.8 Å². The first-order valence-corrected chi connectivity index (χ1v) is 3.25. The van der Waals surface area contributed by atoms with E-state index >= 15 is 0 Å². The van der Waals surface area contributed by atoms with Crippen LogP contribution in [0.4, 0.5) is 4.39 Å². The number of carboxylic acid groups (broad SMARTS) is 2. The summed E-state index contributed by atoms with van der Waals surface area (Å²) >= 11 is 0. The van der Waals surface area contributed by atoms with Crippen molar-refractivity contribution in [3.63, 3.8) is 0 Å². The summed E-state index contributed by atoms with van der Waals surface area (Å²) in [4.78, 5) is 20.4. The van der Waals surface area contributed by atoms with E-state index in [0.717, 1.165) is 0 Å². The van der Waals surface area contributed by atoms with Gasteiger partial charge in [-0.05, 0) is 0 Å². The zero-order chi connectivity index (χ0) is 9.57. The van der Waals surface area contributed by atoms with E-state index in [1.165, 1.54) is 0 Å². The van der Waals surface area contributed by atoms with Gasteiger partial charge in [-0.1, -0.05) is 0 Å². The van der Waals surface area contributed by atoms with Crippen LogP contribution >= 0.6 is 0 Å². The highest BCUT2D eigenvalue weighted by Gasteiger charge is 2.73. The van der Waals surface area contributed by atoms with Gasteiger partial charge < -0.3 is 15.9 Å². The Morgan fingerprint density at radius 1 is 1.50 bits per heavy atom. The van der Waals surface area contributed by atoms with Gasteiger partial charge in [-0.3, -0.25) is 9.59 Å². The molecule has 4 N–H and O–H groups in total. The Kier molecular flexibility index (Phi) is 1.61. The topological polar surface area (TPSA) is 101 Å². The SMILES string of the molecule is N[C@@]1(C(=O)O)C[C@@]1(F)CC(=O)O. The number of alkyl halides is 1. The van der Waals surface area contributed by atoms with Gasteiger partial charge in [-0.2, -0.15) is 0 Å². The molecule has 6 heteroatoms. The molecule has 1 aliphatic carbocycles. The lowest BCUT2D eigenvalue weighted by Gasteiger charge is -2.07. The molecule has 0 aromatic rings. The molecule has 0 spiro atoms. The molecule has 12 heavy (non-hydrogen) atoms. The van der Waals surface area contributed by atoms with Crippen LogP contribution in [0, 0.1) is 0 Å². The minimum absolute atomic E-state index is 0.429. The van der Waals surface area contributed by atoms with Crippen LogP contribution < -0.4 is 5.73 Å². The molecule has 1 fully saturated rings. The van der Waals surface area contributed by atoms with Crippen molar-refractivity contribution in [2.24, 2.45) is 5.73 Å². The van der Waals surface area contributed by atoms with E-state index in [9.17, 15) is 14.0 Å². The highest BCUT2D eigenvalue weighted by Crippen LogP contribution is 2.51. The molecule has 1 saturated carbocycles. The first-order valence-electron chi connectivity index (χ1n) is 3.25. The first-order chi connectivity index (χ1) is 5.32. The summed E-state index contributed by atoms with van der Waals surface area (Å²) < 4.78 is 13.2. The summed E-state index contributed by atoms with van der Waals surface area (Å²) in [6.07, 6.45) is -1.28. The van der Waals surface area contributed by atoms with Crippen molar-refractivity contribution in [1.82, 2.24) is 0 Å². The fraction of sp³-hybridized carbons (Fsp3) is 0.667. The highest BCUT2D eigenvalue weighted by atomic mass is 19.1. The average molecular weight is 177 g/mol. The molecule has 0 saturated heterocycles. The third-order valence-electron chi connectivity index (χ3n) is 2.05. The molecule has 0 heterocycles. The zero-order valence-electron chi connectivity index (χ0n) is 6.08. The Morgan fingerprint density at radius 3 is 2.25 bits per heavy atom. The number of rotatable bonds is 3. The molecular formula is C6H8FNO4. The number of aliphatic carboxylic acids is 2. The number of carbonyl (C=O) groups is 2. The van der Waals surface area contributed by atoms with E-state index in [0.29, 0.717) is 0 Å². The Bertz CT molecular complexity index is 256. The largest absolute Gasteiger partial charge is 0.481 e. The van der Waals surface area contributed by atoms with Crippen molar-refractivity contribution in [3.8, 4) is 0 Å². The normalized spacial score (nSPS) is 39.2. The van der Waals surface area contributed by atoms with Crippen LogP contribution in [0.5, 0.6) is 0 Å². The van der Waals surface area contributed by atoms with E-state index in [-0.39, 0.29) is 0 Å². The van der Waals surface area contributed by atoms with E-state index < -0.39 is 36.0 Å². The van der Waals surface area contributed by atoms with E-state index in [4.69, 9.17) is 15.9 Å². The summed E-state index contributed by atoms with van der Waals surface area (Å²) in [5, 5.41) is 16.6. The zero-order valence-corrected chi connectivity index (χ0v) is 6.08. The maximum Gasteiger partial charge on any atom is 0.327 e. The van der Waals surface area contributed by atoms with Gasteiger partial charge in [0.15, 0.2) is 11.2 Å². The van der Waals surface area contributed by atoms with Crippen LogP contribution in [0.15, 0.2) is 0 Å². The van der Waals surface area contributed by atoms with Crippen molar-refractivity contribution >= 4 is 11.9 Å². The Balaban J connectivity index is 2.70. The molecule has 0 amide bonds. The fourth-order valence-electron chi connectivity index (χ4n) is 1.12. The molecule has 5 nitrogen and oxygen atoms in total. The maximum atomic E-state index is 13.2. The second-order valence-electron chi connectivity index (χ2n) is 2.99.